The van der Waals surface area contributed by atoms with Crippen LogP contribution in [0.4, 0.5) is 0 Å². The van der Waals surface area contributed by atoms with Crippen LogP contribution in [0, 0.1) is 23.2 Å². The second-order valence-electron chi connectivity index (χ2n) is 6.17. The van der Waals surface area contributed by atoms with Crippen LogP contribution in [0.5, 0.6) is 0 Å². The highest BCUT2D eigenvalue weighted by Crippen LogP contribution is 2.29. The minimum absolute atomic E-state index is 0.0150. The van der Waals surface area contributed by atoms with Crippen molar-refractivity contribution >= 4 is 17.6 Å². The topological polar surface area (TPSA) is 90.3 Å². The van der Waals surface area contributed by atoms with Crippen LogP contribution in [0.2, 0.25) is 0 Å². The van der Waals surface area contributed by atoms with Crippen molar-refractivity contribution in [1.29, 1.82) is 5.26 Å². The maximum atomic E-state index is 12.4. The number of nitrogens with zero attached hydrogens (tertiary/aromatic N) is 2. The third-order valence-electron chi connectivity index (χ3n) is 4.75. The fourth-order valence-electron chi connectivity index (χ4n) is 3.48. The number of hydrogen-bond donors (Lipinski definition) is 1. The predicted octanol–water partition coefficient (Wildman–Crippen LogP) is 1.01. The molecule has 1 heterocycles. The third-order valence-corrected chi connectivity index (χ3v) is 4.75. The second kappa shape index (κ2) is 7.39. The molecule has 1 saturated carbocycles. The summed E-state index contributed by atoms with van der Waals surface area (Å²) in [6.07, 6.45) is 6.75. The number of ketones is 1. The summed E-state index contributed by atoms with van der Waals surface area (Å²) in [7, 11) is 1.40. The summed E-state index contributed by atoms with van der Waals surface area (Å²) in [4.78, 5) is 38.0. The quantitative estimate of drug-likeness (QED) is 0.620. The predicted molar refractivity (Wildman–Crippen MR) is 79.5 cm³/mol. The van der Waals surface area contributed by atoms with Gasteiger partial charge in [-0.2, -0.15) is 5.26 Å². The van der Waals surface area contributed by atoms with E-state index < -0.39 is 23.5 Å². The van der Waals surface area contributed by atoms with Crippen molar-refractivity contribution in [2.24, 2.45) is 11.8 Å². The van der Waals surface area contributed by atoms with E-state index in [1.807, 2.05) is 4.90 Å². The van der Waals surface area contributed by atoms with Gasteiger partial charge in [0.2, 0.25) is 11.8 Å². The molecule has 0 bridgehead atoms. The molecular weight excluding hydrogens is 282 g/mol. The Balaban J connectivity index is 2.03. The average molecular weight is 305 g/mol. The lowest BCUT2D eigenvalue weighted by Gasteiger charge is -2.27. The smallest absolute Gasteiger partial charge is 0.244 e. The van der Waals surface area contributed by atoms with Gasteiger partial charge in [0.1, 0.15) is 0 Å². The fourth-order valence-corrected chi connectivity index (χ4v) is 3.48. The van der Waals surface area contributed by atoms with Gasteiger partial charge in [0.05, 0.1) is 6.07 Å². The van der Waals surface area contributed by atoms with Crippen LogP contribution in [0.1, 0.15) is 44.9 Å². The average Bonchev–Trinajstić information content (AvgIpc) is 2.74. The van der Waals surface area contributed by atoms with E-state index in [1.165, 1.54) is 19.9 Å². The molecular formula is C16H23N3O3. The lowest BCUT2D eigenvalue weighted by Crippen LogP contribution is -2.39. The molecule has 0 unspecified atom stereocenters. The summed E-state index contributed by atoms with van der Waals surface area (Å²) in [6, 6.07) is 1.97. The van der Waals surface area contributed by atoms with Crippen LogP contribution in [-0.2, 0) is 14.4 Å². The zero-order valence-electron chi connectivity index (χ0n) is 13.0. The third kappa shape index (κ3) is 3.46. The van der Waals surface area contributed by atoms with E-state index in [9.17, 15) is 14.4 Å². The molecule has 2 aliphatic rings. The zero-order valence-corrected chi connectivity index (χ0v) is 13.0. The number of likely N-dealkylation sites (tertiary alicyclic amines) is 1. The van der Waals surface area contributed by atoms with Gasteiger partial charge in [-0.3, -0.25) is 14.4 Å². The monoisotopic (exact) mass is 305 g/mol. The molecule has 1 saturated heterocycles. The van der Waals surface area contributed by atoms with Crippen LogP contribution >= 0.6 is 0 Å². The summed E-state index contributed by atoms with van der Waals surface area (Å²) in [5.74, 6) is -2.87. The van der Waals surface area contributed by atoms with Gasteiger partial charge in [-0.05, 0) is 12.8 Å². The van der Waals surface area contributed by atoms with Gasteiger partial charge >= 0.3 is 0 Å². The Morgan fingerprint density at radius 2 is 1.91 bits per heavy atom. The molecule has 0 aromatic rings. The van der Waals surface area contributed by atoms with Gasteiger partial charge in [-0.1, -0.05) is 25.7 Å². The summed E-state index contributed by atoms with van der Waals surface area (Å²) in [6.45, 7) is 0.359. The number of hydrogen-bond acceptors (Lipinski definition) is 4. The first-order valence-electron chi connectivity index (χ1n) is 8.03. The number of nitriles is 1. The van der Waals surface area contributed by atoms with Crippen molar-refractivity contribution in [2.45, 2.75) is 51.0 Å². The molecule has 2 fully saturated rings. The van der Waals surface area contributed by atoms with E-state index in [-0.39, 0.29) is 18.4 Å². The van der Waals surface area contributed by atoms with Gasteiger partial charge in [0, 0.05) is 32.0 Å². The molecule has 2 amide bonds. The van der Waals surface area contributed by atoms with E-state index in [2.05, 4.69) is 5.32 Å². The van der Waals surface area contributed by atoms with Crippen molar-refractivity contribution in [1.82, 2.24) is 10.2 Å². The van der Waals surface area contributed by atoms with Crippen LogP contribution in [0.25, 0.3) is 0 Å². The molecule has 1 aliphatic carbocycles. The fraction of sp³-hybridized carbons (Fsp3) is 0.750. The second-order valence-corrected chi connectivity index (χ2v) is 6.17. The molecule has 6 nitrogen and oxygen atoms in total. The molecule has 0 radical (unpaired) electrons. The SMILES string of the molecule is CNC(=O)[C@@H](C#N)C(=O)[C@@H]1CC(=O)N(C2CCCCCC2)C1. The summed E-state index contributed by atoms with van der Waals surface area (Å²) in [5.41, 5.74) is 0. The number of amides is 2. The standard InChI is InChI=1S/C16H23N3O3/c1-18-16(22)13(9-17)15(21)11-8-14(20)19(10-11)12-6-4-2-3-5-7-12/h11-13H,2-8,10H2,1H3,(H,18,22)/t11-,13+/m1/s1. The number of Topliss-reactive ketones (excluding diaryl/α,β-unsaturated/α-hetero) is 1. The van der Waals surface area contributed by atoms with E-state index >= 15 is 0 Å². The van der Waals surface area contributed by atoms with E-state index in [1.54, 1.807) is 6.07 Å². The van der Waals surface area contributed by atoms with Crippen LogP contribution < -0.4 is 5.32 Å². The van der Waals surface area contributed by atoms with Crippen molar-refractivity contribution < 1.29 is 14.4 Å². The van der Waals surface area contributed by atoms with E-state index in [4.69, 9.17) is 5.26 Å². The lowest BCUT2D eigenvalue weighted by molar-refractivity contribution is -0.134. The molecule has 2 atom stereocenters. The normalized spacial score (nSPS) is 24.5. The molecule has 22 heavy (non-hydrogen) atoms. The molecule has 120 valence electrons. The summed E-state index contributed by atoms with van der Waals surface area (Å²) < 4.78 is 0. The van der Waals surface area contributed by atoms with Crippen LogP contribution in [-0.4, -0.2) is 42.1 Å². The Bertz CT molecular complexity index is 489. The van der Waals surface area contributed by atoms with E-state index in [0.717, 1.165) is 25.7 Å². The van der Waals surface area contributed by atoms with Crippen molar-refractivity contribution in [2.75, 3.05) is 13.6 Å². The highest BCUT2D eigenvalue weighted by Gasteiger charge is 2.41. The highest BCUT2D eigenvalue weighted by molar-refractivity contribution is 6.06. The van der Waals surface area contributed by atoms with Crippen LogP contribution in [0.3, 0.4) is 0 Å². The van der Waals surface area contributed by atoms with Gasteiger partial charge in [-0.25, -0.2) is 0 Å². The van der Waals surface area contributed by atoms with Gasteiger partial charge in [0.25, 0.3) is 0 Å². The minimum atomic E-state index is -1.31. The maximum absolute atomic E-state index is 12.4. The number of carbonyl (C=O) groups is 3. The molecule has 1 aliphatic heterocycles. The first kappa shape index (κ1) is 16.5. The Morgan fingerprint density at radius 1 is 1.27 bits per heavy atom. The van der Waals surface area contributed by atoms with Crippen molar-refractivity contribution in [3.63, 3.8) is 0 Å². The van der Waals surface area contributed by atoms with Gasteiger partial charge in [-0.15, -0.1) is 0 Å². The lowest BCUT2D eigenvalue weighted by atomic mass is 9.92. The molecule has 0 aromatic carbocycles. The summed E-state index contributed by atoms with van der Waals surface area (Å²) in [5, 5.41) is 11.4. The van der Waals surface area contributed by atoms with Gasteiger partial charge < -0.3 is 10.2 Å². The van der Waals surface area contributed by atoms with Crippen molar-refractivity contribution in [3.05, 3.63) is 0 Å². The summed E-state index contributed by atoms with van der Waals surface area (Å²) >= 11 is 0. The largest absolute Gasteiger partial charge is 0.358 e. The highest BCUT2D eigenvalue weighted by atomic mass is 16.2. The Kier molecular flexibility index (Phi) is 5.53. The zero-order chi connectivity index (χ0) is 16.1. The van der Waals surface area contributed by atoms with Crippen molar-refractivity contribution in [3.8, 4) is 6.07 Å². The number of carbonyl (C=O) groups excluding carboxylic acids is 3. The first-order chi connectivity index (χ1) is 10.6. The van der Waals surface area contributed by atoms with E-state index in [0.29, 0.717) is 6.54 Å². The Hall–Kier alpha value is -1.90. The number of nitrogens with one attached hydrogen (secondary N) is 1. The molecule has 2 rings (SSSR count). The minimum Gasteiger partial charge on any atom is -0.358 e. The van der Waals surface area contributed by atoms with Gasteiger partial charge in [0.15, 0.2) is 11.7 Å². The Labute approximate surface area is 130 Å². The Morgan fingerprint density at radius 3 is 2.45 bits per heavy atom. The molecule has 0 aromatic heterocycles. The first-order valence-corrected chi connectivity index (χ1v) is 8.03. The molecule has 6 heteroatoms. The molecule has 0 spiro atoms. The van der Waals surface area contributed by atoms with Crippen LogP contribution in [0.15, 0.2) is 0 Å². The number of rotatable bonds is 4. The maximum Gasteiger partial charge on any atom is 0.244 e. The molecule has 1 N–H and O–H groups in total.